The number of benzene rings is 2. The summed E-state index contributed by atoms with van der Waals surface area (Å²) in [6.07, 6.45) is 6.85. The zero-order valence-corrected chi connectivity index (χ0v) is 28.2. The second kappa shape index (κ2) is 15.9. The topological polar surface area (TPSA) is 86.8 Å². The summed E-state index contributed by atoms with van der Waals surface area (Å²) < 4.78 is 5.41. The van der Waals surface area contributed by atoms with E-state index in [1.165, 1.54) is 16.8 Å². The molecule has 8 heteroatoms. The van der Waals surface area contributed by atoms with Crippen molar-refractivity contribution in [2.75, 3.05) is 38.2 Å². The number of piperidine rings is 1. The molecule has 0 bridgehead atoms. The van der Waals surface area contributed by atoms with Crippen molar-refractivity contribution in [2.24, 2.45) is 5.92 Å². The van der Waals surface area contributed by atoms with E-state index in [0.29, 0.717) is 42.2 Å². The van der Waals surface area contributed by atoms with Crippen molar-refractivity contribution in [1.82, 2.24) is 20.5 Å². The molecule has 1 aromatic heterocycles. The van der Waals surface area contributed by atoms with Gasteiger partial charge in [-0.1, -0.05) is 13.8 Å². The number of carbonyl (C=O) groups is 2. The van der Waals surface area contributed by atoms with Gasteiger partial charge in [-0.3, -0.25) is 14.6 Å². The van der Waals surface area contributed by atoms with Crippen molar-refractivity contribution in [3.05, 3.63) is 88.2 Å². The summed E-state index contributed by atoms with van der Waals surface area (Å²) in [7, 11) is 1.70. The van der Waals surface area contributed by atoms with E-state index in [-0.39, 0.29) is 11.8 Å². The lowest BCUT2D eigenvalue weighted by Crippen LogP contribution is -2.48. The Morgan fingerprint density at radius 2 is 1.62 bits per heavy atom. The zero-order valence-electron chi connectivity index (χ0n) is 28.2. The van der Waals surface area contributed by atoms with Gasteiger partial charge in [0.2, 0.25) is 0 Å². The second-order valence-corrected chi connectivity index (χ2v) is 12.9. The summed E-state index contributed by atoms with van der Waals surface area (Å²) in [6.45, 7) is 16.4. The van der Waals surface area contributed by atoms with Crippen molar-refractivity contribution in [3.8, 4) is 5.75 Å². The molecule has 8 nitrogen and oxygen atoms in total. The molecule has 3 aromatic rings. The minimum atomic E-state index is -0.0984. The first kappa shape index (κ1) is 34.0. The highest BCUT2D eigenvalue weighted by Gasteiger charge is 2.28. The number of carbonyl (C=O) groups excluding carboxylic acids is 2. The van der Waals surface area contributed by atoms with Gasteiger partial charge >= 0.3 is 0 Å². The first-order valence-corrected chi connectivity index (χ1v) is 16.3. The lowest BCUT2D eigenvalue weighted by Gasteiger charge is -2.42. The standard InChI is InChI=1S/C37H51N5O3/c1-25(2)22-40-36(43)30-20-27(4)35(28(5)21-30)37(44)39-17-13-29(6)41-18-14-33(15-19-41)42(24-31-23-38-16-12-26(31)3)32-8-10-34(45-7)11-9-32/h8-12,16,20-21,23,25,29,33H,13-15,17-19,22,24H2,1-7H3,(H,39,44)(H,40,43)/t29-/m1/s1. The molecule has 1 atom stereocenters. The summed E-state index contributed by atoms with van der Waals surface area (Å²) in [5.41, 5.74) is 6.59. The molecule has 0 radical (unpaired) electrons. The van der Waals surface area contributed by atoms with E-state index in [4.69, 9.17) is 4.74 Å². The van der Waals surface area contributed by atoms with Gasteiger partial charge in [-0.25, -0.2) is 0 Å². The van der Waals surface area contributed by atoms with Gasteiger partial charge in [0, 0.05) is 74.0 Å². The van der Waals surface area contributed by atoms with Crippen molar-refractivity contribution in [3.63, 3.8) is 0 Å². The Labute approximate surface area is 269 Å². The van der Waals surface area contributed by atoms with Gasteiger partial charge in [-0.2, -0.15) is 0 Å². The van der Waals surface area contributed by atoms with Crippen LogP contribution in [-0.2, 0) is 6.54 Å². The van der Waals surface area contributed by atoms with Crippen LogP contribution in [0.2, 0.25) is 0 Å². The number of hydrogen-bond donors (Lipinski definition) is 2. The van der Waals surface area contributed by atoms with Crippen LogP contribution in [0.3, 0.4) is 0 Å². The van der Waals surface area contributed by atoms with Gasteiger partial charge < -0.3 is 25.2 Å². The number of anilines is 1. The van der Waals surface area contributed by atoms with Crippen LogP contribution in [0.15, 0.2) is 54.9 Å². The average Bonchev–Trinajstić information content (AvgIpc) is 3.03. The number of ether oxygens (including phenoxy) is 1. The Morgan fingerprint density at radius 3 is 2.22 bits per heavy atom. The fraction of sp³-hybridized carbons (Fsp3) is 0.486. The first-order chi connectivity index (χ1) is 21.6. The van der Waals surface area contributed by atoms with E-state index in [1.807, 2.05) is 50.5 Å². The smallest absolute Gasteiger partial charge is 0.251 e. The Hall–Kier alpha value is -3.91. The third-order valence-electron chi connectivity index (χ3n) is 9.00. The number of methoxy groups -OCH3 is 1. The monoisotopic (exact) mass is 613 g/mol. The molecule has 2 heterocycles. The largest absolute Gasteiger partial charge is 0.497 e. The molecule has 2 N–H and O–H groups in total. The molecule has 0 unspecified atom stereocenters. The Morgan fingerprint density at radius 1 is 0.956 bits per heavy atom. The van der Waals surface area contributed by atoms with Gasteiger partial charge in [-0.15, -0.1) is 0 Å². The summed E-state index contributed by atoms with van der Waals surface area (Å²) >= 11 is 0. The quantitative estimate of drug-likeness (QED) is 0.243. The maximum absolute atomic E-state index is 13.2. The number of pyridine rings is 1. The average molecular weight is 614 g/mol. The molecular formula is C37H51N5O3. The molecule has 4 rings (SSSR count). The van der Waals surface area contributed by atoms with Crippen LogP contribution in [0.1, 0.15) is 83.0 Å². The van der Waals surface area contributed by atoms with Gasteiger partial charge in [0.05, 0.1) is 7.11 Å². The number of likely N-dealkylation sites (tertiary alicyclic amines) is 1. The van der Waals surface area contributed by atoms with E-state index in [1.54, 1.807) is 7.11 Å². The Kier molecular flexibility index (Phi) is 12.0. The Balaban J connectivity index is 1.31. The predicted molar refractivity (Wildman–Crippen MR) is 182 cm³/mol. The number of nitrogens with zero attached hydrogens (tertiary/aromatic N) is 3. The van der Waals surface area contributed by atoms with Crippen molar-refractivity contribution < 1.29 is 14.3 Å². The van der Waals surface area contributed by atoms with E-state index >= 15 is 0 Å². The Bertz CT molecular complexity index is 1410. The van der Waals surface area contributed by atoms with Gasteiger partial charge in [0.25, 0.3) is 11.8 Å². The van der Waals surface area contributed by atoms with Crippen LogP contribution in [0.4, 0.5) is 5.69 Å². The van der Waals surface area contributed by atoms with Crippen LogP contribution in [-0.4, -0.2) is 67.1 Å². The van der Waals surface area contributed by atoms with Gasteiger partial charge in [0.1, 0.15) is 5.75 Å². The summed E-state index contributed by atoms with van der Waals surface area (Å²) in [5.74, 6) is 1.06. The molecule has 0 spiro atoms. The number of aryl methyl sites for hydroxylation is 3. The minimum Gasteiger partial charge on any atom is -0.497 e. The number of hydrogen-bond acceptors (Lipinski definition) is 6. The first-order valence-electron chi connectivity index (χ1n) is 16.3. The maximum atomic E-state index is 13.2. The molecular weight excluding hydrogens is 562 g/mol. The number of nitrogens with one attached hydrogen (secondary N) is 2. The molecule has 1 saturated heterocycles. The second-order valence-electron chi connectivity index (χ2n) is 12.9. The van der Waals surface area contributed by atoms with Crippen LogP contribution < -0.4 is 20.3 Å². The molecule has 242 valence electrons. The van der Waals surface area contributed by atoms with Crippen LogP contribution >= 0.6 is 0 Å². The summed E-state index contributed by atoms with van der Waals surface area (Å²) in [4.78, 5) is 35.2. The van der Waals surface area contributed by atoms with Gasteiger partial charge in [0.15, 0.2) is 0 Å². The highest BCUT2D eigenvalue weighted by molar-refractivity contribution is 6.00. The number of rotatable bonds is 13. The van der Waals surface area contributed by atoms with Crippen molar-refractivity contribution in [1.29, 1.82) is 0 Å². The molecule has 45 heavy (non-hydrogen) atoms. The molecule has 1 aliphatic heterocycles. The molecule has 0 aliphatic carbocycles. The highest BCUT2D eigenvalue weighted by atomic mass is 16.5. The molecule has 1 aliphatic rings. The van der Waals surface area contributed by atoms with Crippen LogP contribution in [0.25, 0.3) is 0 Å². The molecule has 2 amide bonds. The molecule has 0 saturated carbocycles. The molecule has 1 fully saturated rings. The zero-order chi connectivity index (χ0) is 32.5. The number of aromatic nitrogens is 1. The third kappa shape index (κ3) is 9.07. The van der Waals surface area contributed by atoms with E-state index in [0.717, 1.165) is 55.8 Å². The fourth-order valence-electron chi connectivity index (χ4n) is 6.21. The van der Waals surface area contributed by atoms with Crippen LogP contribution in [0.5, 0.6) is 5.75 Å². The summed E-state index contributed by atoms with van der Waals surface area (Å²) in [6, 6.07) is 14.9. The predicted octanol–water partition coefficient (Wildman–Crippen LogP) is 6.08. The van der Waals surface area contributed by atoms with E-state index in [2.05, 4.69) is 71.3 Å². The normalized spacial score (nSPS) is 14.7. The lowest BCUT2D eigenvalue weighted by atomic mass is 9.97. The maximum Gasteiger partial charge on any atom is 0.251 e. The van der Waals surface area contributed by atoms with Crippen molar-refractivity contribution in [2.45, 2.75) is 79.4 Å². The van der Waals surface area contributed by atoms with E-state index < -0.39 is 0 Å². The van der Waals surface area contributed by atoms with Crippen LogP contribution in [0, 0.1) is 26.7 Å². The lowest BCUT2D eigenvalue weighted by molar-refractivity contribution is 0.0933. The summed E-state index contributed by atoms with van der Waals surface area (Å²) in [5, 5.41) is 6.10. The van der Waals surface area contributed by atoms with E-state index in [9.17, 15) is 9.59 Å². The SMILES string of the molecule is COc1ccc(N(Cc2cnccc2C)C2CCN([C@H](C)CCNC(=O)c3c(C)cc(C(=O)NCC(C)C)cc3C)CC2)cc1. The minimum absolute atomic E-state index is 0.0779. The third-order valence-corrected chi connectivity index (χ3v) is 9.00. The van der Waals surface area contributed by atoms with Gasteiger partial charge in [-0.05, 0) is 118 Å². The molecule has 2 aromatic carbocycles. The fourth-order valence-corrected chi connectivity index (χ4v) is 6.21. The highest BCUT2D eigenvalue weighted by Crippen LogP contribution is 2.29. The van der Waals surface area contributed by atoms with Crippen molar-refractivity contribution >= 4 is 17.5 Å². The number of amides is 2.